The van der Waals surface area contributed by atoms with Crippen LogP contribution in [0.1, 0.15) is 22.5 Å². The predicted molar refractivity (Wildman–Crippen MR) is 107 cm³/mol. The van der Waals surface area contributed by atoms with Crippen molar-refractivity contribution in [1.29, 1.82) is 5.26 Å². The van der Waals surface area contributed by atoms with Crippen molar-refractivity contribution in [3.63, 3.8) is 0 Å². The lowest BCUT2D eigenvalue weighted by atomic mass is 9.88. The molecular weight excluding hydrogens is 380 g/mol. The number of benzene rings is 1. The lowest BCUT2D eigenvalue weighted by molar-refractivity contribution is 0.571. The summed E-state index contributed by atoms with van der Waals surface area (Å²) in [6.07, 6.45) is 4.91. The molecule has 0 fully saturated rings. The summed E-state index contributed by atoms with van der Waals surface area (Å²) >= 11 is 0. The van der Waals surface area contributed by atoms with Crippen LogP contribution in [0.3, 0.4) is 0 Å². The van der Waals surface area contributed by atoms with Crippen LogP contribution < -0.4 is 0 Å². The van der Waals surface area contributed by atoms with Crippen molar-refractivity contribution in [1.82, 2.24) is 9.97 Å². The van der Waals surface area contributed by atoms with Crippen LogP contribution in [0, 0.1) is 18.0 Å². The molecule has 0 saturated carbocycles. The molecule has 8 heteroatoms. The fraction of sp³-hybridized carbons (Fsp3) is 0. The zero-order valence-electron chi connectivity index (χ0n) is 15.3. The van der Waals surface area contributed by atoms with E-state index in [-0.39, 0.29) is 0 Å². The molecule has 140 valence electrons. The number of fused-ring (bicyclic) bond motifs is 2. The maximum absolute atomic E-state index is 9.30. The normalized spacial score (nSPS) is 14.7. The Labute approximate surface area is 170 Å². The van der Waals surface area contributed by atoms with Gasteiger partial charge in [0.25, 0.3) is 0 Å². The van der Waals surface area contributed by atoms with Gasteiger partial charge in [0.1, 0.15) is 28.5 Å². The Balaban J connectivity index is 1.90. The van der Waals surface area contributed by atoms with Gasteiger partial charge in [0.15, 0.2) is 17.2 Å². The Bertz CT molecular complexity index is 1290. The first-order valence-electron chi connectivity index (χ1n) is 8.83. The molecule has 0 amide bonds. The van der Waals surface area contributed by atoms with Crippen LogP contribution in [0.5, 0.6) is 0 Å². The molecule has 8 nitrogen and oxygen atoms in total. The van der Waals surface area contributed by atoms with E-state index < -0.39 is 0 Å². The molecule has 0 atom stereocenters. The van der Waals surface area contributed by atoms with Crippen LogP contribution in [0.15, 0.2) is 80.0 Å². The van der Waals surface area contributed by atoms with E-state index in [4.69, 9.17) is 25.4 Å². The molecule has 3 aromatic heterocycles. The van der Waals surface area contributed by atoms with Gasteiger partial charge in [0, 0.05) is 11.1 Å². The smallest absolute Gasteiger partial charge is 0.206 e. The third-order valence-corrected chi connectivity index (χ3v) is 4.60. The maximum atomic E-state index is 9.30. The molecule has 1 aromatic carbocycles. The molecule has 4 aromatic rings. The SMILES string of the molecule is [C-]#[N+]/N=C1\c2ccccc2C(=NC#N)c2nc(-c3ccco3)c(-c3ccco3)nc21. The number of nitriles is 1. The third-order valence-electron chi connectivity index (χ3n) is 4.60. The number of aromatic nitrogens is 2. The lowest BCUT2D eigenvalue weighted by Crippen LogP contribution is -2.25. The van der Waals surface area contributed by atoms with Crippen LogP contribution in [0.4, 0.5) is 0 Å². The van der Waals surface area contributed by atoms with Crippen LogP contribution in [0.2, 0.25) is 0 Å². The third kappa shape index (κ3) is 2.60. The van der Waals surface area contributed by atoms with Gasteiger partial charge < -0.3 is 8.83 Å². The second-order valence-electron chi connectivity index (χ2n) is 6.23. The Hall–Kier alpha value is -4.82. The molecule has 0 bridgehead atoms. The van der Waals surface area contributed by atoms with Crippen molar-refractivity contribution in [2.24, 2.45) is 10.1 Å². The number of hydrogen-bond donors (Lipinski definition) is 0. The highest BCUT2D eigenvalue weighted by molar-refractivity contribution is 6.30. The van der Waals surface area contributed by atoms with Crippen LogP contribution in [-0.4, -0.2) is 21.4 Å². The van der Waals surface area contributed by atoms with Gasteiger partial charge in [-0.05, 0) is 24.3 Å². The molecule has 3 heterocycles. The van der Waals surface area contributed by atoms with Crippen molar-refractivity contribution in [3.8, 4) is 29.1 Å². The molecule has 0 N–H and O–H groups in total. The van der Waals surface area contributed by atoms with Gasteiger partial charge in [-0.3, -0.25) is 0 Å². The minimum absolute atomic E-state index is 0.347. The van der Waals surface area contributed by atoms with Gasteiger partial charge in [0.2, 0.25) is 6.19 Å². The fourth-order valence-corrected chi connectivity index (χ4v) is 3.40. The second kappa shape index (κ2) is 6.97. The Kier molecular flexibility index (Phi) is 4.02. The predicted octanol–water partition coefficient (Wildman–Crippen LogP) is 4.30. The van der Waals surface area contributed by atoms with Crippen molar-refractivity contribution < 1.29 is 8.83 Å². The fourth-order valence-electron chi connectivity index (χ4n) is 3.40. The summed E-state index contributed by atoms with van der Waals surface area (Å²) in [4.78, 5) is 16.7. The topological polar surface area (TPSA) is 105 Å². The van der Waals surface area contributed by atoms with E-state index in [0.29, 0.717) is 56.8 Å². The Morgan fingerprint density at radius 3 is 1.87 bits per heavy atom. The number of furan rings is 2. The highest BCUT2D eigenvalue weighted by atomic mass is 16.3. The zero-order chi connectivity index (χ0) is 20.5. The summed E-state index contributed by atoms with van der Waals surface area (Å²) in [6, 6.07) is 14.3. The minimum Gasteiger partial charge on any atom is -0.463 e. The Morgan fingerprint density at radius 2 is 1.37 bits per heavy atom. The highest BCUT2D eigenvalue weighted by Crippen LogP contribution is 2.34. The number of nitrogens with zero attached hydrogens (tertiary/aromatic N) is 6. The van der Waals surface area contributed by atoms with Crippen LogP contribution in [0.25, 0.3) is 27.9 Å². The molecule has 1 aliphatic rings. The Morgan fingerprint density at radius 1 is 0.800 bits per heavy atom. The summed E-state index contributed by atoms with van der Waals surface area (Å²) in [7, 11) is 0. The summed E-state index contributed by atoms with van der Waals surface area (Å²) in [5, 5.41) is 13.3. The molecule has 1 aliphatic carbocycles. The van der Waals surface area contributed by atoms with Gasteiger partial charge in [-0.1, -0.05) is 24.3 Å². The summed E-state index contributed by atoms with van der Waals surface area (Å²) < 4.78 is 11.1. The number of hydrogen-bond acceptors (Lipinski definition) is 7. The van der Waals surface area contributed by atoms with Gasteiger partial charge in [-0.15, -0.1) is 4.95 Å². The quantitative estimate of drug-likeness (QED) is 0.254. The molecule has 0 radical (unpaired) electrons. The molecule has 30 heavy (non-hydrogen) atoms. The first-order chi connectivity index (χ1) is 14.8. The molecule has 0 spiro atoms. The van der Waals surface area contributed by atoms with Crippen molar-refractivity contribution in [2.45, 2.75) is 0 Å². The van der Waals surface area contributed by atoms with Crippen molar-refractivity contribution in [2.75, 3.05) is 0 Å². The lowest BCUT2D eigenvalue weighted by Gasteiger charge is -2.20. The monoisotopic (exact) mass is 390 g/mol. The number of rotatable bonds is 2. The first kappa shape index (κ1) is 17.3. The van der Waals surface area contributed by atoms with Crippen molar-refractivity contribution >= 4 is 11.4 Å². The van der Waals surface area contributed by atoms with E-state index in [9.17, 15) is 5.26 Å². The largest absolute Gasteiger partial charge is 0.463 e. The van der Waals surface area contributed by atoms with Gasteiger partial charge >= 0.3 is 0 Å². The first-order valence-corrected chi connectivity index (χ1v) is 8.83. The molecule has 0 unspecified atom stereocenters. The molecular formula is C22H10N6O2. The number of aliphatic imine (C=N–C) groups is 1. The second-order valence-corrected chi connectivity index (χ2v) is 6.23. The van der Waals surface area contributed by atoms with E-state index >= 15 is 0 Å². The standard InChI is InChI=1S/C22H10N6O2/c1-24-28-18-14-7-3-2-6-13(14)17(25-12-23)21-22(18)27-20(16-9-5-11-30-16)19(26-21)15-8-4-10-29-15/h2-11H/b25-17?,28-18+. The van der Waals surface area contributed by atoms with E-state index in [2.05, 4.69) is 15.0 Å². The zero-order valence-corrected chi connectivity index (χ0v) is 15.3. The van der Waals surface area contributed by atoms with E-state index in [0.717, 1.165) is 0 Å². The van der Waals surface area contributed by atoms with Gasteiger partial charge in [-0.25, -0.2) is 9.97 Å². The average Bonchev–Trinajstić information content (AvgIpc) is 3.49. The molecule has 0 aliphatic heterocycles. The summed E-state index contributed by atoms with van der Waals surface area (Å²) in [5.74, 6) is 0.965. The minimum atomic E-state index is 0.347. The van der Waals surface area contributed by atoms with E-state index in [1.54, 1.807) is 24.3 Å². The summed E-state index contributed by atoms with van der Waals surface area (Å²) in [5.41, 5.74) is 3.58. The molecule has 5 rings (SSSR count). The van der Waals surface area contributed by atoms with E-state index in [1.165, 1.54) is 12.5 Å². The van der Waals surface area contributed by atoms with Gasteiger partial charge in [0.05, 0.1) is 17.6 Å². The maximum Gasteiger partial charge on any atom is 0.206 e. The van der Waals surface area contributed by atoms with Gasteiger partial charge in [-0.2, -0.15) is 16.8 Å². The summed E-state index contributed by atoms with van der Waals surface area (Å²) in [6.45, 7) is 7.28. The van der Waals surface area contributed by atoms with E-state index in [1.807, 2.05) is 30.5 Å². The van der Waals surface area contributed by atoms with Crippen molar-refractivity contribution in [3.05, 3.63) is 95.1 Å². The highest BCUT2D eigenvalue weighted by Gasteiger charge is 2.33. The average molecular weight is 390 g/mol. The molecule has 0 saturated heterocycles. The van der Waals surface area contributed by atoms with Crippen LogP contribution >= 0.6 is 0 Å². The van der Waals surface area contributed by atoms with Crippen LogP contribution in [-0.2, 0) is 0 Å².